The van der Waals surface area contributed by atoms with Crippen LogP contribution in [0.15, 0.2) is 64.0 Å². The third-order valence-electron chi connectivity index (χ3n) is 9.76. The molecule has 0 saturated heterocycles. The third-order valence-corrected chi connectivity index (χ3v) is 13.6. The maximum absolute atomic E-state index is 14.1. The van der Waals surface area contributed by atoms with Gasteiger partial charge in [-0.15, -0.1) is 45.3 Å². The van der Waals surface area contributed by atoms with Crippen molar-refractivity contribution in [1.82, 2.24) is 9.80 Å². The first-order valence-corrected chi connectivity index (χ1v) is 22.1. The van der Waals surface area contributed by atoms with Gasteiger partial charge in [0.15, 0.2) is 0 Å². The smallest absolute Gasteiger partial charge is 0.261 e. The molecule has 53 heavy (non-hydrogen) atoms. The van der Waals surface area contributed by atoms with Crippen molar-refractivity contribution < 1.29 is 14.3 Å². The number of carbonyl (C=O) groups is 2. The number of amides is 2. The summed E-state index contributed by atoms with van der Waals surface area (Å²) in [6.07, 6.45) is 8.59. The van der Waals surface area contributed by atoms with Gasteiger partial charge in [-0.2, -0.15) is 0 Å². The van der Waals surface area contributed by atoms with Crippen molar-refractivity contribution in [2.24, 2.45) is 0 Å². The summed E-state index contributed by atoms with van der Waals surface area (Å²) in [7, 11) is 0. The molecule has 5 aromatic rings. The number of unbranched alkanes of at least 4 members (excludes halogenated alkanes) is 5. The molecule has 0 radical (unpaired) electrons. The predicted octanol–water partition coefficient (Wildman–Crippen LogP) is 11.2. The van der Waals surface area contributed by atoms with E-state index >= 15 is 0 Å². The summed E-state index contributed by atoms with van der Waals surface area (Å²) >= 11 is 6.67. The maximum Gasteiger partial charge on any atom is 0.261 e. The van der Waals surface area contributed by atoms with E-state index in [0.717, 1.165) is 89.6 Å². The number of allylic oxidation sites excluding steroid dienone is 1. The molecule has 6 heterocycles. The molecule has 0 N–H and O–H groups in total. The van der Waals surface area contributed by atoms with Gasteiger partial charge in [0.25, 0.3) is 11.8 Å². The van der Waals surface area contributed by atoms with Crippen molar-refractivity contribution in [3.63, 3.8) is 0 Å². The summed E-state index contributed by atoms with van der Waals surface area (Å²) in [5.74, 6) is 13.7. The standard InChI is InChI=1S/C44H44N2O3S4/c1-5-7-9-10-11-25-49-26-12-24-45-30(4)38-39(44(45)48)40(46(43(38)47)23-8-6-2)37-20-17-32(53-37)16-19-34-36-22-28-50-41(36)33(35-21-27-51-42(34)35)18-15-31-14-13-29(3)52-31/h13-14,17,20-22,27-28H,5-12,23-26H2,1-4H3. The van der Waals surface area contributed by atoms with Crippen LogP contribution in [0.25, 0.3) is 25.9 Å². The fraction of sp³-hybridized carbons (Fsp3) is 0.364. The molecule has 0 atom stereocenters. The van der Waals surface area contributed by atoms with Crippen molar-refractivity contribution in [1.29, 1.82) is 0 Å². The average molecular weight is 777 g/mol. The Labute approximate surface area is 329 Å². The number of nitrogens with zero attached hydrogens (tertiary/aromatic N) is 2. The van der Waals surface area contributed by atoms with Gasteiger partial charge < -0.3 is 14.5 Å². The van der Waals surface area contributed by atoms with E-state index in [0.29, 0.717) is 30.8 Å². The van der Waals surface area contributed by atoms with Crippen LogP contribution in [0, 0.1) is 30.6 Å². The van der Waals surface area contributed by atoms with E-state index in [2.05, 4.69) is 79.5 Å². The van der Waals surface area contributed by atoms with E-state index in [1.54, 1.807) is 50.2 Å². The van der Waals surface area contributed by atoms with Crippen LogP contribution in [-0.2, 0) is 14.3 Å². The van der Waals surface area contributed by atoms with Crippen LogP contribution in [0.3, 0.4) is 0 Å². The van der Waals surface area contributed by atoms with E-state index in [4.69, 9.17) is 4.74 Å². The molecular formula is C44H44N2O3S4. The molecular weight excluding hydrogens is 733 g/mol. The van der Waals surface area contributed by atoms with Crippen LogP contribution < -0.4 is 0 Å². The maximum atomic E-state index is 14.1. The van der Waals surface area contributed by atoms with Gasteiger partial charge in [-0.05, 0) is 80.3 Å². The fourth-order valence-corrected chi connectivity index (χ4v) is 10.5. The highest BCUT2D eigenvalue weighted by Crippen LogP contribution is 2.45. The molecule has 272 valence electrons. The lowest BCUT2D eigenvalue weighted by Crippen LogP contribution is -2.31. The Hall–Kier alpha value is -3.96. The number of hydrogen-bond acceptors (Lipinski definition) is 7. The quantitative estimate of drug-likeness (QED) is 0.0834. The van der Waals surface area contributed by atoms with Gasteiger partial charge in [-0.3, -0.25) is 9.59 Å². The molecule has 5 nitrogen and oxygen atoms in total. The second-order valence-corrected chi connectivity index (χ2v) is 17.7. The summed E-state index contributed by atoms with van der Waals surface area (Å²) in [6, 6.07) is 12.6. The largest absolute Gasteiger partial charge is 0.381 e. The molecule has 2 aliphatic rings. The fourth-order valence-electron chi connectivity index (χ4n) is 7.03. The second kappa shape index (κ2) is 17.0. The van der Waals surface area contributed by atoms with Gasteiger partial charge in [0.1, 0.15) is 0 Å². The minimum atomic E-state index is -0.0854. The Morgan fingerprint density at radius 3 is 1.89 bits per heavy atom. The summed E-state index contributed by atoms with van der Waals surface area (Å²) in [4.78, 5) is 35.8. The van der Waals surface area contributed by atoms with Crippen molar-refractivity contribution >= 4 is 83.0 Å². The lowest BCUT2D eigenvalue weighted by atomic mass is 10.0. The number of rotatable bonds is 14. The molecule has 0 spiro atoms. The molecule has 2 aliphatic heterocycles. The van der Waals surface area contributed by atoms with Gasteiger partial charge in [0.05, 0.1) is 52.0 Å². The average Bonchev–Trinajstić information content (AvgIpc) is 4.01. The highest BCUT2D eigenvalue weighted by molar-refractivity contribution is 7.19. The number of fused-ring (bicyclic) bond motifs is 3. The number of aryl methyl sites for hydroxylation is 1. The van der Waals surface area contributed by atoms with Gasteiger partial charge >= 0.3 is 0 Å². The molecule has 0 saturated carbocycles. The van der Waals surface area contributed by atoms with Crippen molar-refractivity contribution in [3.8, 4) is 23.7 Å². The zero-order valence-corrected chi connectivity index (χ0v) is 34.1. The van der Waals surface area contributed by atoms with Gasteiger partial charge in [-0.25, -0.2) is 0 Å². The molecule has 0 aliphatic carbocycles. The van der Waals surface area contributed by atoms with Crippen LogP contribution in [0.2, 0.25) is 0 Å². The van der Waals surface area contributed by atoms with Gasteiger partial charge in [0.2, 0.25) is 0 Å². The molecule has 7 rings (SSSR count). The zero-order valence-electron chi connectivity index (χ0n) is 30.9. The molecule has 1 aromatic carbocycles. The first-order valence-electron chi connectivity index (χ1n) is 18.7. The molecule has 0 bridgehead atoms. The van der Waals surface area contributed by atoms with E-state index in [-0.39, 0.29) is 11.8 Å². The first kappa shape index (κ1) is 37.4. The van der Waals surface area contributed by atoms with Crippen LogP contribution >= 0.6 is 45.3 Å². The third kappa shape index (κ3) is 7.69. The van der Waals surface area contributed by atoms with E-state index < -0.39 is 0 Å². The molecule has 4 aromatic heterocycles. The van der Waals surface area contributed by atoms with Crippen molar-refractivity contribution in [2.45, 2.75) is 79.1 Å². The molecule has 2 amide bonds. The molecule has 0 fully saturated rings. The van der Waals surface area contributed by atoms with E-state index in [9.17, 15) is 9.59 Å². The summed E-state index contributed by atoms with van der Waals surface area (Å²) in [6.45, 7) is 10.8. The Bertz CT molecular complexity index is 2310. The van der Waals surface area contributed by atoms with Crippen LogP contribution in [0.5, 0.6) is 0 Å². The topological polar surface area (TPSA) is 49.9 Å². The Balaban J connectivity index is 1.15. The number of ether oxygens (including phenoxy) is 1. The Morgan fingerprint density at radius 1 is 0.623 bits per heavy atom. The monoisotopic (exact) mass is 776 g/mol. The zero-order chi connectivity index (χ0) is 36.9. The summed E-state index contributed by atoms with van der Waals surface area (Å²) in [5, 5.41) is 6.50. The Kier molecular flexibility index (Phi) is 12.0. The van der Waals surface area contributed by atoms with Crippen LogP contribution in [0.1, 0.15) is 103 Å². The summed E-state index contributed by atoms with van der Waals surface area (Å²) < 4.78 is 8.18. The highest BCUT2D eigenvalue weighted by Gasteiger charge is 2.47. The van der Waals surface area contributed by atoms with Crippen molar-refractivity contribution in [3.05, 3.63) is 94.6 Å². The van der Waals surface area contributed by atoms with E-state index in [1.165, 1.54) is 30.6 Å². The number of hydrogen-bond donors (Lipinski definition) is 0. The van der Waals surface area contributed by atoms with Crippen LogP contribution in [0.4, 0.5) is 0 Å². The Morgan fingerprint density at radius 2 is 1.23 bits per heavy atom. The second-order valence-electron chi connectivity index (χ2n) is 13.5. The highest BCUT2D eigenvalue weighted by atomic mass is 32.1. The minimum Gasteiger partial charge on any atom is -0.381 e. The SMILES string of the molecule is CCCCCCCOCCCN1C(=O)C2=C(c3ccc(C#Cc4c5ccsc5c(C#Cc5ccc(C)s5)c5ccsc45)s3)N(CCCC)C(=O)C2=C1C. The van der Waals surface area contributed by atoms with Gasteiger partial charge in [0, 0.05) is 47.6 Å². The van der Waals surface area contributed by atoms with E-state index in [1.807, 2.05) is 24.0 Å². The van der Waals surface area contributed by atoms with Crippen LogP contribution in [-0.4, -0.2) is 47.9 Å². The minimum absolute atomic E-state index is 0.0708. The number of benzene rings is 1. The lowest BCUT2D eigenvalue weighted by Gasteiger charge is -2.23. The van der Waals surface area contributed by atoms with Gasteiger partial charge in [-0.1, -0.05) is 69.6 Å². The first-order chi connectivity index (χ1) is 25.9. The number of carbonyl (C=O) groups excluding carboxylic acids is 2. The van der Waals surface area contributed by atoms with Crippen molar-refractivity contribution in [2.75, 3.05) is 26.3 Å². The molecule has 9 heteroatoms. The normalized spacial score (nSPS) is 14.2. The predicted molar refractivity (Wildman–Crippen MR) is 225 cm³/mol. The molecule has 0 unspecified atom stereocenters. The lowest BCUT2D eigenvalue weighted by molar-refractivity contribution is -0.124. The summed E-state index contributed by atoms with van der Waals surface area (Å²) in [5.41, 5.74) is 4.65. The number of thiophene rings is 4.